The van der Waals surface area contributed by atoms with Crippen molar-refractivity contribution in [2.24, 2.45) is 0 Å². The van der Waals surface area contributed by atoms with Crippen LogP contribution in [0.3, 0.4) is 0 Å². The van der Waals surface area contributed by atoms with E-state index in [1.807, 2.05) is 18.4 Å². The molecule has 1 N–H and O–H groups in total. The van der Waals surface area contributed by atoms with E-state index in [9.17, 15) is 0 Å². The van der Waals surface area contributed by atoms with Crippen molar-refractivity contribution >= 4 is 21.4 Å². The van der Waals surface area contributed by atoms with Gasteiger partial charge in [-0.3, -0.25) is 0 Å². The first-order valence-electron chi connectivity index (χ1n) is 5.42. The second-order valence-corrected chi connectivity index (χ2v) is 4.88. The zero-order valence-corrected chi connectivity index (χ0v) is 10.2. The van der Waals surface area contributed by atoms with Gasteiger partial charge in [-0.1, -0.05) is 12.1 Å². The summed E-state index contributed by atoms with van der Waals surface area (Å²) in [4.78, 5) is 0. The van der Waals surface area contributed by atoms with E-state index in [0.717, 1.165) is 6.54 Å². The van der Waals surface area contributed by atoms with Gasteiger partial charge in [0.1, 0.15) is 0 Å². The SMILES string of the molecule is CNCCCc1csc2cc(C)ccc12. The fraction of sp³-hybridized carbons (Fsp3) is 0.385. The Kier molecular flexibility index (Phi) is 3.39. The first-order chi connectivity index (χ1) is 7.31. The molecule has 1 nitrogen and oxygen atoms in total. The zero-order chi connectivity index (χ0) is 10.7. The first kappa shape index (κ1) is 10.7. The number of nitrogens with one attached hydrogen (secondary N) is 1. The van der Waals surface area contributed by atoms with Gasteiger partial charge in [0.2, 0.25) is 0 Å². The maximum absolute atomic E-state index is 3.19. The van der Waals surface area contributed by atoms with E-state index in [1.165, 1.54) is 34.1 Å². The quantitative estimate of drug-likeness (QED) is 0.777. The lowest BCUT2D eigenvalue weighted by atomic mass is 10.1. The van der Waals surface area contributed by atoms with Crippen molar-refractivity contribution in [3.8, 4) is 0 Å². The molecule has 80 valence electrons. The van der Waals surface area contributed by atoms with Crippen LogP contribution in [0.25, 0.3) is 10.1 Å². The molecule has 0 spiro atoms. The molecule has 15 heavy (non-hydrogen) atoms. The molecule has 0 aliphatic rings. The summed E-state index contributed by atoms with van der Waals surface area (Å²) in [6.07, 6.45) is 2.40. The Morgan fingerprint density at radius 2 is 2.20 bits per heavy atom. The first-order valence-corrected chi connectivity index (χ1v) is 6.30. The van der Waals surface area contributed by atoms with Gasteiger partial charge in [0.25, 0.3) is 0 Å². The van der Waals surface area contributed by atoms with Crippen molar-refractivity contribution in [3.63, 3.8) is 0 Å². The van der Waals surface area contributed by atoms with Crippen LogP contribution in [0.15, 0.2) is 23.6 Å². The van der Waals surface area contributed by atoms with Crippen LogP contribution in [-0.4, -0.2) is 13.6 Å². The summed E-state index contributed by atoms with van der Waals surface area (Å²) >= 11 is 1.87. The van der Waals surface area contributed by atoms with Crippen LogP contribution in [0.4, 0.5) is 0 Å². The van der Waals surface area contributed by atoms with Gasteiger partial charge in [-0.25, -0.2) is 0 Å². The molecule has 1 heterocycles. The van der Waals surface area contributed by atoms with Crippen LogP contribution in [0.2, 0.25) is 0 Å². The van der Waals surface area contributed by atoms with Gasteiger partial charge in [0.05, 0.1) is 0 Å². The average Bonchev–Trinajstić information content (AvgIpc) is 2.61. The van der Waals surface area contributed by atoms with E-state index in [-0.39, 0.29) is 0 Å². The van der Waals surface area contributed by atoms with Crippen LogP contribution >= 0.6 is 11.3 Å². The fourth-order valence-corrected chi connectivity index (χ4v) is 2.93. The standard InChI is InChI=1S/C13H17NS/c1-10-5-6-12-11(4-3-7-14-2)9-15-13(12)8-10/h5-6,8-9,14H,3-4,7H2,1-2H3. The van der Waals surface area contributed by atoms with Crippen LogP contribution in [0.5, 0.6) is 0 Å². The second-order valence-electron chi connectivity index (χ2n) is 3.97. The summed E-state index contributed by atoms with van der Waals surface area (Å²) < 4.78 is 1.43. The predicted molar refractivity (Wildman–Crippen MR) is 68.8 cm³/mol. The topological polar surface area (TPSA) is 12.0 Å². The van der Waals surface area contributed by atoms with Crippen molar-refractivity contribution in [1.29, 1.82) is 0 Å². The molecule has 0 unspecified atom stereocenters. The number of thiophene rings is 1. The Balaban J connectivity index is 2.21. The molecular weight excluding hydrogens is 202 g/mol. The molecule has 0 aliphatic carbocycles. The van der Waals surface area contributed by atoms with Gasteiger partial charge in [-0.15, -0.1) is 11.3 Å². The van der Waals surface area contributed by atoms with Gasteiger partial charge < -0.3 is 5.32 Å². The Morgan fingerprint density at radius 3 is 3.00 bits per heavy atom. The molecule has 0 aliphatic heterocycles. The summed E-state index contributed by atoms with van der Waals surface area (Å²) in [7, 11) is 2.01. The van der Waals surface area contributed by atoms with E-state index < -0.39 is 0 Å². The summed E-state index contributed by atoms with van der Waals surface area (Å²) in [5.74, 6) is 0. The third-order valence-electron chi connectivity index (χ3n) is 2.68. The lowest BCUT2D eigenvalue weighted by molar-refractivity contribution is 0.727. The lowest BCUT2D eigenvalue weighted by Crippen LogP contribution is -2.08. The summed E-state index contributed by atoms with van der Waals surface area (Å²) in [5, 5.41) is 6.94. The maximum Gasteiger partial charge on any atom is 0.0348 e. The summed E-state index contributed by atoms with van der Waals surface area (Å²) in [6.45, 7) is 3.25. The molecule has 0 radical (unpaired) electrons. The van der Waals surface area contributed by atoms with Crippen molar-refractivity contribution < 1.29 is 0 Å². The van der Waals surface area contributed by atoms with E-state index in [1.54, 1.807) is 0 Å². The minimum Gasteiger partial charge on any atom is -0.320 e. The minimum atomic E-state index is 1.10. The molecule has 1 aromatic carbocycles. The Morgan fingerprint density at radius 1 is 1.33 bits per heavy atom. The van der Waals surface area contributed by atoms with Gasteiger partial charge in [-0.2, -0.15) is 0 Å². The molecule has 0 atom stereocenters. The maximum atomic E-state index is 3.19. The van der Waals surface area contributed by atoms with Gasteiger partial charge >= 0.3 is 0 Å². The third kappa shape index (κ3) is 2.39. The van der Waals surface area contributed by atoms with E-state index in [4.69, 9.17) is 0 Å². The third-order valence-corrected chi connectivity index (χ3v) is 3.68. The van der Waals surface area contributed by atoms with Crippen molar-refractivity contribution in [2.45, 2.75) is 19.8 Å². The van der Waals surface area contributed by atoms with Crippen LogP contribution in [-0.2, 0) is 6.42 Å². The Hall–Kier alpha value is -0.860. The van der Waals surface area contributed by atoms with Crippen LogP contribution in [0, 0.1) is 6.92 Å². The smallest absolute Gasteiger partial charge is 0.0348 e. The van der Waals surface area contributed by atoms with E-state index >= 15 is 0 Å². The molecule has 0 saturated carbocycles. The van der Waals surface area contributed by atoms with Gasteiger partial charge in [-0.05, 0) is 61.3 Å². The van der Waals surface area contributed by atoms with Crippen LogP contribution < -0.4 is 5.32 Å². The highest BCUT2D eigenvalue weighted by Gasteiger charge is 2.03. The predicted octanol–water partition coefficient (Wildman–Crippen LogP) is 3.36. The van der Waals surface area contributed by atoms with E-state index in [2.05, 4.69) is 35.8 Å². The number of hydrogen-bond donors (Lipinski definition) is 1. The average molecular weight is 219 g/mol. The number of benzene rings is 1. The number of hydrogen-bond acceptors (Lipinski definition) is 2. The molecule has 2 heteroatoms. The normalized spacial score (nSPS) is 11.1. The molecule has 1 aromatic heterocycles. The lowest BCUT2D eigenvalue weighted by Gasteiger charge is -2.00. The van der Waals surface area contributed by atoms with Gasteiger partial charge in [0.15, 0.2) is 0 Å². The monoisotopic (exact) mass is 219 g/mol. The molecular formula is C13H17NS. The highest BCUT2D eigenvalue weighted by atomic mass is 32.1. The number of aryl methyl sites for hydroxylation is 2. The van der Waals surface area contributed by atoms with Crippen molar-refractivity contribution in [3.05, 3.63) is 34.7 Å². The second kappa shape index (κ2) is 4.77. The Bertz CT molecular complexity index is 445. The molecule has 0 saturated heterocycles. The molecule has 0 amide bonds. The van der Waals surface area contributed by atoms with E-state index in [0.29, 0.717) is 0 Å². The zero-order valence-electron chi connectivity index (χ0n) is 9.34. The molecule has 0 fully saturated rings. The fourth-order valence-electron chi connectivity index (χ4n) is 1.84. The van der Waals surface area contributed by atoms with Gasteiger partial charge in [0, 0.05) is 4.70 Å². The molecule has 2 aromatic rings. The van der Waals surface area contributed by atoms with Crippen molar-refractivity contribution in [1.82, 2.24) is 5.32 Å². The Labute approximate surface area is 95.1 Å². The highest BCUT2D eigenvalue weighted by molar-refractivity contribution is 7.17. The summed E-state index contributed by atoms with van der Waals surface area (Å²) in [6, 6.07) is 6.74. The largest absolute Gasteiger partial charge is 0.320 e. The van der Waals surface area contributed by atoms with Crippen molar-refractivity contribution in [2.75, 3.05) is 13.6 Å². The summed E-state index contributed by atoms with van der Waals surface area (Å²) in [5.41, 5.74) is 2.86. The number of fused-ring (bicyclic) bond motifs is 1. The highest BCUT2D eigenvalue weighted by Crippen LogP contribution is 2.27. The number of rotatable bonds is 4. The minimum absolute atomic E-state index is 1.10. The molecule has 0 bridgehead atoms. The molecule has 2 rings (SSSR count). The van der Waals surface area contributed by atoms with Crippen LogP contribution in [0.1, 0.15) is 17.5 Å².